The first kappa shape index (κ1) is 14.3. The van der Waals surface area contributed by atoms with Gasteiger partial charge in [-0.2, -0.15) is 0 Å². The van der Waals surface area contributed by atoms with Gasteiger partial charge in [0.15, 0.2) is 0 Å². The lowest BCUT2D eigenvalue weighted by atomic mass is 10.1. The SMILES string of the molecule is CCCNCc1ccc(-c2cccc(OC)c2)[nH]c1=O. The highest BCUT2D eigenvalue weighted by atomic mass is 16.5. The monoisotopic (exact) mass is 272 g/mol. The topological polar surface area (TPSA) is 54.1 Å². The Hall–Kier alpha value is -2.07. The van der Waals surface area contributed by atoms with Crippen molar-refractivity contribution < 1.29 is 4.74 Å². The van der Waals surface area contributed by atoms with Gasteiger partial charge in [0.1, 0.15) is 5.75 Å². The smallest absolute Gasteiger partial charge is 0.252 e. The first-order valence-electron chi connectivity index (χ1n) is 6.82. The van der Waals surface area contributed by atoms with E-state index in [1.807, 2.05) is 36.4 Å². The molecule has 0 unspecified atom stereocenters. The molecule has 0 fully saturated rings. The van der Waals surface area contributed by atoms with Crippen LogP contribution in [0, 0.1) is 0 Å². The van der Waals surface area contributed by atoms with E-state index in [1.165, 1.54) is 0 Å². The van der Waals surface area contributed by atoms with Crippen molar-refractivity contribution in [1.82, 2.24) is 10.3 Å². The molecule has 2 N–H and O–H groups in total. The molecule has 4 heteroatoms. The Balaban J connectivity index is 2.21. The van der Waals surface area contributed by atoms with Crippen molar-refractivity contribution in [3.63, 3.8) is 0 Å². The van der Waals surface area contributed by atoms with E-state index in [0.29, 0.717) is 6.54 Å². The molecular weight excluding hydrogens is 252 g/mol. The summed E-state index contributed by atoms with van der Waals surface area (Å²) in [6, 6.07) is 11.4. The van der Waals surface area contributed by atoms with Gasteiger partial charge in [0.2, 0.25) is 0 Å². The van der Waals surface area contributed by atoms with Crippen molar-refractivity contribution in [3.05, 3.63) is 52.3 Å². The van der Waals surface area contributed by atoms with Gasteiger partial charge in [-0.3, -0.25) is 4.79 Å². The van der Waals surface area contributed by atoms with Gasteiger partial charge < -0.3 is 15.0 Å². The van der Waals surface area contributed by atoms with E-state index in [1.54, 1.807) is 7.11 Å². The summed E-state index contributed by atoms with van der Waals surface area (Å²) in [6.07, 6.45) is 1.06. The second-order valence-corrected chi connectivity index (χ2v) is 4.64. The Morgan fingerprint density at radius 3 is 2.80 bits per heavy atom. The number of pyridine rings is 1. The lowest BCUT2D eigenvalue weighted by Gasteiger charge is -2.07. The Kier molecular flexibility index (Phi) is 4.96. The van der Waals surface area contributed by atoms with E-state index < -0.39 is 0 Å². The van der Waals surface area contributed by atoms with Crippen LogP contribution in [-0.2, 0) is 6.54 Å². The van der Waals surface area contributed by atoms with Crippen molar-refractivity contribution in [1.29, 1.82) is 0 Å². The van der Waals surface area contributed by atoms with Crippen LogP contribution < -0.4 is 15.6 Å². The Morgan fingerprint density at radius 2 is 2.10 bits per heavy atom. The second kappa shape index (κ2) is 6.91. The molecule has 1 aromatic heterocycles. The third-order valence-electron chi connectivity index (χ3n) is 3.11. The second-order valence-electron chi connectivity index (χ2n) is 4.64. The molecule has 4 nitrogen and oxygen atoms in total. The fraction of sp³-hybridized carbons (Fsp3) is 0.312. The van der Waals surface area contributed by atoms with Crippen LogP contribution in [0.15, 0.2) is 41.2 Å². The number of nitrogens with one attached hydrogen (secondary N) is 2. The first-order valence-corrected chi connectivity index (χ1v) is 6.82. The molecule has 106 valence electrons. The number of aromatic nitrogens is 1. The normalized spacial score (nSPS) is 10.5. The quantitative estimate of drug-likeness (QED) is 0.795. The fourth-order valence-corrected chi connectivity index (χ4v) is 2.00. The number of ether oxygens (including phenoxy) is 1. The van der Waals surface area contributed by atoms with Crippen LogP contribution in [0.5, 0.6) is 5.75 Å². The predicted molar refractivity (Wildman–Crippen MR) is 81.0 cm³/mol. The summed E-state index contributed by atoms with van der Waals surface area (Å²) in [4.78, 5) is 15.0. The summed E-state index contributed by atoms with van der Waals surface area (Å²) in [6.45, 7) is 3.61. The predicted octanol–water partition coefficient (Wildman–Crippen LogP) is 2.55. The molecule has 0 aliphatic heterocycles. The van der Waals surface area contributed by atoms with Gasteiger partial charge in [-0.15, -0.1) is 0 Å². The number of methoxy groups -OCH3 is 1. The van der Waals surface area contributed by atoms with E-state index in [0.717, 1.165) is 35.5 Å². The molecule has 2 rings (SSSR count). The van der Waals surface area contributed by atoms with Crippen molar-refractivity contribution in [2.45, 2.75) is 19.9 Å². The molecular formula is C16H20N2O2. The minimum atomic E-state index is -0.0473. The molecule has 0 radical (unpaired) electrons. The standard InChI is InChI=1S/C16H20N2O2/c1-3-9-17-11-13-7-8-15(18-16(13)19)12-5-4-6-14(10-12)20-2/h4-8,10,17H,3,9,11H2,1-2H3,(H,18,19). The fourth-order valence-electron chi connectivity index (χ4n) is 2.00. The maximum atomic E-state index is 12.0. The van der Waals surface area contributed by atoms with E-state index in [2.05, 4.69) is 17.2 Å². The summed E-state index contributed by atoms with van der Waals surface area (Å²) in [5.74, 6) is 0.775. The van der Waals surface area contributed by atoms with Crippen LogP contribution in [0.4, 0.5) is 0 Å². The summed E-state index contributed by atoms with van der Waals surface area (Å²) in [5, 5.41) is 3.23. The lowest BCUT2D eigenvalue weighted by Crippen LogP contribution is -2.21. The van der Waals surface area contributed by atoms with Gasteiger partial charge in [0.05, 0.1) is 7.11 Å². The molecule has 20 heavy (non-hydrogen) atoms. The van der Waals surface area contributed by atoms with Crippen LogP contribution >= 0.6 is 0 Å². The molecule has 0 bridgehead atoms. The minimum Gasteiger partial charge on any atom is -0.497 e. The van der Waals surface area contributed by atoms with Crippen LogP contribution in [0.1, 0.15) is 18.9 Å². The molecule has 0 saturated carbocycles. The number of benzene rings is 1. The molecule has 1 aromatic carbocycles. The molecule has 0 atom stereocenters. The molecule has 0 aliphatic rings. The highest BCUT2D eigenvalue weighted by Gasteiger charge is 2.04. The summed E-state index contributed by atoms with van der Waals surface area (Å²) in [5.41, 5.74) is 2.45. The van der Waals surface area contributed by atoms with Crippen LogP contribution in [0.25, 0.3) is 11.3 Å². The summed E-state index contributed by atoms with van der Waals surface area (Å²) in [7, 11) is 1.63. The average molecular weight is 272 g/mol. The first-order chi connectivity index (χ1) is 9.74. The Bertz CT molecular complexity index is 620. The number of hydrogen-bond donors (Lipinski definition) is 2. The number of rotatable bonds is 6. The van der Waals surface area contributed by atoms with Crippen molar-refractivity contribution in [2.24, 2.45) is 0 Å². The van der Waals surface area contributed by atoms with Gasteiger partial charge in [-0.1, -0.05) is 25.1 Å². The minimum absolute atomic E-state index is 0.0473. The molecule has 0 spiro atoms. The Morgan fingerprint density at radius 1 is 1.25 bits per heavy atom. The zero-order valence-corrected chi connectivity index (χ0v) is 11.9. The number of H-pyrrole nitrogens is 1. The molecule has 0 saturated heterocycles. The van der Waals surface area contributed by atoms with Gasteiger partial charge >= 0.3 is 0 Å². The van der Waals surface area contributed by atoms with Crippen LogP contribution in [0.2, 0.25) is 0 Å². The Labute approximate surface area is 118 Å². The molecule has 0 amide bonds. The van der Waals surface area contributed by atoms with Gasteiger partial charge in [0.25, 0.3) is 5.56 Å². The van der Waals surface area contributed by atoms with Crippen molar-refractivity contribution in [2.75, 3.05) is 13.7 Å². The van der Waals surface area contributed by atoms with Crippen molar-refractivity contribution >= 4 is 0 Å². The number of aromatic amines is 1. The largest absolute Gasteiger partial charge is 0.497 e. The third-order valence-corrected chi connectivity index (χ3v) is 3.11. The highest BCUT2D eigenvalue weighted by Crippen LogP contribution is 2.21. The van der Waals surface area contributed by atoms with Crippen LogP contribution in [0.3, 0.4) is 0 Å². The highest BCUT2D eigenvalue weighted by molar-refractivity contribution is 5.61. The summed E-state index contributed by atoms with van der Waals surface area (Å²) < 4.78 is 5.19. The lowest BCUT2D eigenvalue weighted by molar-refractivity contribution is 0.415. The zero-order chi connectivity index (χ0) is 14.4. The molecule has 0 aliphatic carbocycles. The zero-order valence-electron chi connectivity index (χ0n) is 11.9. The van der Waals surface area contributed by atoms with Gasteiger partial charge in [0, 0.05) is 23.4 Å². The van der Waals surface area contributed by atoms with Crippen molar-refractivity contribution in [3.8, 4) is 17.0 Å². The maximum Gasteiger partial charge on any atom is 0.252 e. The van der Waals surface area contributed by atoms with E-state index in [-0.39, 0.29) is 5.56 Å². The number of hydrogen-bond acceptors (Lipinski definition) is 3. The van der Waals surface area contributed by atoms with E-state index >= 15 is 0 Å². The van der Waals surface area contributed by atoms with E-state index in [9.17, 15) is 4.79 Å². The van der Waals surface area contributed by atoms with Gasteiger partial charge in [-0.05, 0) is 31.2 Å². The molecule has 2 aromatic rings. The molecule has 1 heterocycles. The maximum absolute atomic E-state index is 12.0. The van der Waals surface area contributed by atoms with Gasteiger partial charge in [-0.25, -0.2) is 0 Å². The average Bonchev–Trinajstić information content (AvgIpc) is 2.49. The van der Waals surface area contributed by atoms with E-state index in [4.69, 9.17) is 4.74 Å². The van der Waals surface area contributed by atoms with Crippen LogP contribution in [-0.4, -0.2) is 18.6 Å². The third kappa shape index (κ3) is 3.48. The summed E-state index contributed by atoms with van der Waals surface area (Å²) >= 11 is 0.